The van der Waals surface area contributed by atoms with E-state index in [4.69, 9.17) is 0 Å². The maximum atomic E-state index is 12.1. The smallest absolute Gasteiger partial charge is 0.279 e. The van der Waals surface area contributed by atoms with Gasteiger partial charge in [0.05, 0.1) is 0 Å². The third-order valence-electron chi connectivity index (χ3n) is 3.47. The van der Waals surface area contributed by atoms with Gasteiger partial charge in [-0.25, -0.2) is 4.72 Å². The highest BCUT2D eigenvalue weighted by Crippen LogP contribution is 2.18. The highest BCUT2D eigenvalue weighted by Gasteiger charge is 2.26. The predicted octanol–water partition coefficient (Wildman–Crippen LogP) is 0.895. The number of nitrogens with one attached hydrogen (secondary N) is 2. The fourth-order valence-corrected chi connectivity index (χ4v) is 4.08. The van der Waals surface area contributed by atoms with Gasteiger partial charge < -0.3 is 5.32 Å². The van der Waals surface area contributed by atoms with Crippen LogP contribution in [0.2, 0.25) is 0 Å². The van der Waals surface area contributed by atoms with Crippen LogP contribution in [-0.2, 0) is 10.2 Å². The monoisotopic (exact) mass is 309 g/mol. The van der Waals surface area contributed by atoms with Crippen LogP contribution in [0.25, 0.3) is 0 Å². The molecule has 19 heavy (non-hydrogen) atoms. The van der Waals surface area contributed by atoms with Gasteiger partial charge in [-0.3, -0.25) is 0 Å². The summed E-state index contributed by atoms with van der Waals surface area (Å²) in [4.78, 5) is 0. The number of thioether (sulfide) groups is 1. The Balaban J connectivity index is 2.26. The fraction of sp³-hybridized carbons (Fsp3) is 1.00. The van der Waals surface area contributed by atoms with Crippen molar-refractivity contribution in [1.29, 1.82) is 0 Å². The molecular formula is C12H27N3O2S2. The van der Waals surface area contributed by atoms with Crippen LogP contribution in [-0.4, -0.2) is 58.0 Å². The first-order valence-electron chi connectivity index (χ1n) is 6.98. The zero-order valence-electron chi connectivity index (χ0n) is 12.0. The molecule has 0 unspecified atom stereocenters. The molecule has 0 aromatic carbocycles. The van der Waals surface area contributed by atoms with E-state index in [0.29, 0.717) is 25.6 Å². The molecule has 1 saturated heterocycles. The number of hydrogen-bond donors (Lipinski definition) is 2. The molecule has 1 heterocycles. The normalized spacial score (nSPS) is 18.8. The first-order valence-corrected chi connectivity index (χ1v) is 9.82. The molecular weight excluding hydrogens is 282 g/mol. The molecule has 0 atom stereocenters. The molecule has 0 amide bonds. The maximum absolute atomic E-state index is 12.1. The lowest BCUT2D eigenvalue weighted by Crippen LogP contribution is -2.46. The van der Waals surface area contributed by atoms with Gasteiger partial charge in [0.1, 0.15) is 0 Å². The van der Waals surface area contributed by atoms with E-state index in [1.807, 2.05) is 7.05 Å². The minimum Gasteiger partial charge on any atom is -0.319 e. The summed E-state index contributed by atoms with van der Waals surface area (Å²) < 4.78 is 28.5. The zero-order chi connectivity index (χ0) is 14.1. The molecule has 0 bridgehead atoms. The van der Waals surface area contributed by atoms with Crippen molar-refractivity contribution < 1.29 is 8.42 Å². The van der Waals surface area contributed by atoms with Crippen molar-refractivity contribution in [3.63, 3.8) is 0 Å². The van der Waals surface area contributed by atoms with Crippen molar-refractivity contribution in [2.24, 2.45) is 5.92 Å². The van der Waals surface area contributed by atoms with Gasteiger partial charge in [0.25, 0.3) is 10.2 Å². The quantitative estimate of drug-likeness (QED) is 0.621. The van der Waals surface area contributed by atoms with Gasteiger partial charge in [-0.05, 0) is 57.2 Å². The van der Waals surface area contributed by atoms with Crippen LogP contribution in [0.4, 0.5) is 0 Å². The largest absolute Gasteiger partial charge is 0.319 e. The number of hydrogen-bond acceptors (Lipinski definition) is 4. The van der Waals surface area contributed by atoms with Crippen LogP contribution in [0.15, 0.2) is 0 Å². The van der Waals surface area contributed by atoms with Gasteiger partial charge in [0, 0.05) is 19.6 Å². The molecule has 5 nitrogen and oxygen atoms in total. The number of rotatable bonds is 9. The van der Waals surface area contributed by atoms with E-state index < -0.39 is 10.2 Å². The summed E-state index contributed by atoms with van der Waals surface area (Å²) in [5.74, 6) is 1.70. The average Bonchev–Trinajstić information content (AvgIpc) is 2.39. The third-order valence-corrected chi connectivity index (χ3v) is 5.78. The molecule has 1 rings (SSSR count). The van der Waals surface area contributed by atoms with Crippen molar-refractivity contribution in [2.45, 2.75) is 25.7 Å². The summed E-state index contributed by atoms with van der Waals surface area (Å²) in [6, 6.07) is 0. The summed E-state index contributed by atoms with van der Waals surface area (Å²) >= 11 is 1.80. The van der Waals surface area contributed by atoms with E-state index in [-0.39, 0.29) is 0 Å². The Hall–Kier alpha value is 0.180. The second-order valence-electron chi connectivity index (χ2n) is 5.00. The molecule has 0 aromatic rings. The molecule has 1 fully saturated rings. The van der Waals surface area contributed by atoms with Crippen molar-refractivity contribution in [2.75, 3.05) is 45.2 Å². The highest BCUT2D eigenvalue weighted by molar-refractivity contribution is 7.98. The predicted molar refractivity (Wildman–Crippen MR) is 82.8 cm³/mol. The van der Waals surface area contributed by atoms with Gasteiger partial charge in [-0.2, -0.15) is 24.5 Å². The summed E-state index contributed by atoms with van der Waals surface area (Å²) in [6.07, 6.45) is 5.95. The van der Waals surface area contributed by atoms with E-state index in [9.17, 15) is 8.42 Å². The summed E-state index contributed by atoms with van der Waals surface area (Å²) in [7, 11) is -1.31. The van der Waals surface area contributed by atoms with Crippen LogP contribution < -0.4 is 10.0 Å². The van der Waals surface area contributed by atoms with Crippen molar-refractivity contribution in [3.05, 3.63) is 0 Å². The topological polar surface area (TPSA) is 61.4 Å². The van der Waals surface area contributed by atoms with Crippen molar-refractivity contribution >= 4 is 22.0 Å². The first-order chi connectivity index (χ1) is 9.10. The molecule has 2 N–H and O–H groups in total. The van der Waals surface area contributed by atoms with E-state index >= 15 is 0 Å². The van der Waals surface area contributed by atoms with Crippen LogP contribution in [0.1, 0.15) is 25.7 Å². The Kier molecular flexibility index (Phi) is 8.32. The Bertz CT molecular complexity index is 328. The first kappa shape index (κ1) is 17.2. The van der Waals surface area contributed by atoms with Gasteiger partial charge in [0.15, 0.2) is 0 Å². The Morgan fingerprint density at radius 2 is 1.95 bits per heavy atom. The zero-order valence-corrected chi connectivity index (χ0v) is 13.7. The minimum absolute atomic E-state index is 0.555. The van der Waals surface area contributed by atoms with Gasteiger partial charge >= 0.3 is 0 Å². The maximum Gasteiger partial charge on any atom is 0.279 e. The molecule has 114 valence electrons. The number of piperidine rings is 1. The van der Waals surface area contributed by atoms with E-state index in [0.717, 1.165) is 38.0 Å². The fourth-order valence-electron chi connectivity index (χ4n) is 2.31. The standard InChI is InChI=1S/C12H27N3O2S2/c1-13-11-12-5-8-15(9-6-12)19(16,17)14-7-3-4-10-18-2/h12-14H,3-11H2,1-2H3. The van der Waals surface area contributed by atoms with Crippen molar-refractivity contribution in [1.82, 2.24) is 14.3 Å². The SMILES string of the molecule is CNCC1CCN(S(=O)(=O)NCCCCSC)CC1. The van der Waals surface area contributed by atoms with Crippen LogP contribution in [0.3, 0.4) is 0 Å². The lowest BCUT2D eigenvalue weighted by atomic mass is 9.98. The minimum atomic E-state index is -3.25. The van der Waals surface area contributed by atoms with Gasteiger partial charge in [-0.15, -0.1) is 0 Å². The summed E-state index contributed by atoms with van der Waals surface area (Å²) in [5.41, 5.74) is 0. The van der Waals surface area contributed by atoms with Gasteiger partial charge in [-0.1, -0.05) is 0 Å². The van der Waals surface area contributed by atoms with E-state index in [1.165, 1.54) is 0 Å². The Morgan fingerprint density at radius 1 is 1.26 bits per heavy atom. The molecule has 0 aliphatic carbocycles. The molecule has 1 aliphatic rings. The molecule has 7 heteroatoms. The Morgan fingerprint density at radius 3 is 2.53 bits per heavy atom. The lowest BCUT2D eigenvalue weighted by Gasteiger charge is -2.31. The van der Waals surface area contributed by atoms with E-state index in [2.05, 4.69) is 16.3 Å². The van der Waals surface area contributed by atoms with Crippen LogP contribution in [0.5, 0.6) is 0 Å². The molecule has 0 radical (unpaired) electrons. The molecule has 0 aromatic heterocycles. The molecule has 0 spiro atoms. The second kappa shape index (κ2) is 9.18. The Labute approximate surface area is 122 Å². The second-order valence-corrected chi connectivity index (χ2v) is 7.74. The number of unbranched alkanes of at least 4 members (excludes halogenated alkanes) is 1. The van der Waals surface area contributed by atoms with Gasteiger partial charge in [0.2, 0.25) is 0 Å². The lowest BCUT2D eigenvalue weighted by molar-refractivity contribution is 0.268. The van der Waals surface area contributed by atoms with E-state index in [1.54, 1.807) is 16.1 Å². The average molecular weight is 310 g/mol. The molecule has 1 aliphatic heterocycles. The van der Waals surface area contributed by atoms with Crippen LogP contribution >= 0.6 is 11.8 Å². The highest BCUT2D eigenvalue weighted by atomic mass is 32.2. The molecule has 0 saturated carbocycles. The van der Waals surface area contributed by atoms with Crippen molar-refractivity contribution in [3.8, 4) is 0 Å². The van der Waals surface area contributed by atoms with Crippen LogP contribution in [0, 0.1) is 5.92 Å². The summed E-state index contributed by atoms with van der Waals surface area (Å²) in [5, 5.41) is 3.16. The summed E-state index contributed by atoms with van der Waals surface area (Å²) in [6.45, 7) is 2.83. The number of nitrogens with zero attached hydrogens (tertiary/aromatic N) is 1. The third kappa shape index (κ3) is 6.44.